The average molecular weight is 460 g/mol. The van der Waals surface area contributed by atoms with Gasteiger partial charge in [-0.25, -0.2) is 0 Å². The highest BCUT2D eigenvalue weighted by Crippen LogP contribution is 2.38. The van der Waals surface area contributed by atoms with Crippen LogP contribution < -0.4 is 9.47 Å². The number of benzene rings is 3. The van der Waals surface area contributed by atoms with Crippen molar-refractivity contribution in [2.24, 2.45) is 0 Å². The van der Waals surface area contributed by atoms with Crippen molar-refractivity contribution in [3.63, 3.8) is 0 Å². The first-order valence-electron chi connectivity index (χ1n) is 9.90. The zero-order chi connectivity index (χ0) is 23.8. The van der Waals surface area contributed by atoms with Gasteiger partial charge in [0.05, 0.1) is 39.8 Å². The van der Waals surface area contributed by atoms with E-state index in [1.54, 1.807) is 42.5 Å². The maximum atomic E-state index is 11.1. The molecular weight excluding hydrogens is 442 g/mol. The van der Waals surface area contributed by atoms with Crippen LogP contribution in [0.4, 0.5) is 5.69 Å². The highest BCUT2D eigenvalue weighted by molar-refractivity contribution is 6.32. The van der Waals surface area contributed by atoms with Gasteiger partial charge < -0.3 is 9.47 Å². The summed E-state index contributed by atoms with van der Waals surface area (Å²) in [6.45, 7) is 2.29. The van der Waals surface area contributed by atoms with Gasteiger partial charge in [-0.05, 0) is 42.3 Å². The van der Waals surface area contributed by atoms with E-state index in [1.165, 1.54) is 18.2 Å². The van der Waals surface area contributed by atoms with Gasteiger partial charge in [-0.3, -0.25) is 10.1 Å². The fraction of sp³-hybridized carbons (Fsp3) is 0.120. The fourth-order valence-electron chi connectivity index (χ4n) is 3.11. The number of rotatable bonds is 8. The van der Waals surface area contributed by atoms with E-state index in [0.717, 1.165) is 0 Å². The van der Waals surface area contributed by atoms with Crippen molar-refractivity contribution in [1.29, 1.82) is 10.5 Å². The highest BCUT2D eigenvalue weighted by Gasteiger charge is 2.15. The third-order valence-corrected chi connectivity index (χ3v) is 4.92. The topological polar surface area (TPSA) is 109 Å². The van der Waals surface area contributed by atoms with Crippen LogP contribution in [0.1, 0.15) is 29.2 Å². The number of hydrogen-bond acceptors (Lipinski definition) is 6. The second-order valence-electron chi connectivity index (χ2n) is 6.80. The van der Waals surface area contributed by atoms with Crippen LogP contribution >= 0.6 is 11.6 Å². The van der Waals surface area contributed by atoms with Crippen LogP contribution in [-0.4, -0.2) is 11.5 Å². The van der Waals surface area contributed by atoms with Crippen molar-refractivity contribution in [2.75, 3.05) is 6.61 Å². The van der Waals surface area contributed by atoms with Crippen molar-refractivity contribution >= 4 is 28.9 Å². The van der Waals surface area contributed by atoms with Crippen LogP contribution in [0.5, 0.6) is 11.5 Å². The predicted octanol–water partition coefficient (Wildman–Crippen LogP) is 6.16. The summed E-state index contributed by atoms with van der Waals surface area (Å²) in [6.07, 6.45) is 1.57. The Morgan fingerprint density at radius 2 is 1.91 bits per heavy atom. The summed E-state index contributed by atoms with van der Waals surface area (Å²) < 4.78 is 11.6. The van der Waals surface area contributed by atoms with Gasteiger partial charge in [-0.15, -0.1) is 0 Å². The van der Waals surface area contributed by atoms with E-state index in [9.17, 15) is 20.6 Å². The van der Waals surface area contributed by atoms with E-state index in [0.29, 0.717) is 40.4 Å². The van der Waals surface area contributed by atoms with E-state index in [-0.39, 0.29) is 22.9 Å². The third kappa shape index (κ3) is 5.68. The number of non-ortho nitro benzene ring substituents is 1. The number of hydrogen-bond donors (Lipinski definition) is 0. The first-order chi connectivity index (χ1) is 16.0. The number of nitriles is 2. The summed E-state index contributed by atoms with van der Waals surface area (Å²) >= 11 is 6.48. The molecule has 0 aliphatic carbocycles. The summed E-state index contributed by atoms with van der Waals surface area (Å²) in [5.41, 5.74) is 2.31. The lowest BCUT2D eigenvalue weighted by atomic mass is 10.0. The molecule has 0 amide bonds. The molecule has 0 fully saturated rings. The second kappa shape index (κ2) is 10.8. The zero-order valence-electron chi connectivity index (χ0n) is 17.6. The molecule has 0 unspecified atom stereocenters. The molecule has 0 saturated heterocycles. The molecule has 0 heterocycles. The Balaban J connectivity index is 1.96. The van der Waals surface area contributed by atoms with Gasteiger partial charge in [-0.2, -0.15) is 10.5 Å². The molecule has 0 aliphatic heterocycles. The van der Waals surface area contributed by atoms with Gasteiger partial charge in [0.25, 0.3) is 5.69 Å². The number of nitro benzene ring substituents is 1. The minimum absolute atomic E-state index is 0.108. The Labute approximate surface area is 195 Å². The van der Waals surface area contributed by atoms with Crippen LogP contribution in [0.25, 0.3) is 11.6 Å². The third-order valence-electron chi connectivity index (χ3n) is 4.64. The largest absolute Gasteiger partial charge is 0.490 e. The Hall–Kier alpha value is -4.33. The van der Waals surface area contributed by atoms with Gasteiger partial charge in [0.1, 0.15) is 6.61 Å². The number of halogens is 1. The van der Waals surface area contributed by atoms with Gasteiger partial charge >= 0.3 is 0 Å². The van der Waals surface area contributed by atoms with Crippen molar-refractivity contribution in [1.82, 2.24) is 0 Å². The Morgan fingerprint density at radius 1 is 1.12 bits per heavy atom. The maximum absolute atomic E-state index is 11.1. The molecule has 3 rings (SSSR count). The van der Waals surface area contributed by atoms with Crippen molar-refractivity contribution in [3.05, 3.63) is 98.1 Å². The summed E-state index contributed by atoms with van der Waals surface area (Å²) in [5, 5.41) is 30.2. The van der Waals surface area contributed by atoms with Gasteiger partial charge in [0.15, 0.2) is 11.5 Å². The Kier molecular flexibility index (Phi) is 7.64. The minimum Gasteiger partial charge on any atom is -0.490 e. The lowest BCUT2D eigenvalue weighted by molar-refractivity contribution is -0.384. The number of ether oxygens (including phenoxy) is 2. The summed E-state index contributed by atoms with van der Waals surface area (Å²) in [6, 6.07) is 20.4. The van der Waals surface area contributed by atoms with E-state index in [1.807, 2.05) is 13.0 Å². The second-order valence-corrected chi connectivity index (χ2v) is 7.21. The molecule has 0 radical (unpaired) electrons. The van der Waals surface area contributed by atoms with Crippen LogP contribution in [-0.2, 0) is 6.61 Å². The van der Waals surface area contributed by atoms with E-state index < -0.39 is 4.92 Å². The lowest BCUT2D eigenvalue weighted by Gasteiger charge is -2.15. The highest BCUT2D eigenvalue weighted by atomic mass is 35.5. The normalized spacial score (nSPS) is 10.7. The summed E-state index contributed by atoms with van der Waals surface area (Å²) in [5.74, 6) is 0.694. The first-order valence-corrected chi connectivity index (χ1v) is 10.3. The molecule has 0 atom stereocenters. The average Bonchev–Trinajstić information content (AvgIpc) is 2.82. The van der Waals surface area contributed by atoms with Crippen molar-refractivity contribution < 1.29 is 14.4 Å². The smallest absolute Gasteiger partial charge is 0.270 e. The summed E-state index contributed by atoms with van der Waals surface area (Å²) in [7, 11) is 0. The molecule has 0 spiro atoms. The molecule has 0 bridgehead atoms. The molecule has 3 aromatic rings. The molecule has 7 nitrogen and oxygen atoms in total. The standard InChI is InChI=1S/C25H18ClN3O4/c1-2-32-24-12-17(10-21(15-28)18-8-5-9-22(13-18)29(30)31)11-23(26)25(24)33-16-20-7-4-3-6-19(20)14-27/h3-13H,2,16H2,1H3/b21-10+. The van der Waals surface area contributed by atoms with Crippen LogP contribution in [0.3, 0.4) is 0 Å². The maximum Gasteiger partial charge on any atom is 0.270 e. The number of nitrogens with zero attached hydrogens (tertiary/aromatic N) is 3. The zero-order valence-corrected chi connectivity index (χ0v) is 18.4. The molecular formula is C25H18ClN3O4. The lowest BCUT2D eigenvalue weighted by Crippen LogP contribution is -2.02. The van der Waals surface area contributed by atoms with Crippen LogP contribution in [0, 0.1) is 32.8 Å². The van der Waals surface area contributed by atoms with Crippen molar-refractivity contribution in [3.8, 4) is 23.6 Å². The summed E-state index contributed by atoms with van der Waals surface area (Å²) in [4.78, 5) is 10.5. The molecule has 33 heavy (non-hydrogen) atoms. The van der Waals surface area contributed by atoms with Crippen LogP contribution in [0.2, 0.25) is 5.02 Å². The minimum atomic E-state index is -0.515. The Bertz CT molecular complexity index is 1310. The quantitative estimate of drug-likeness (QED) is 0.172. The van der Waals surface area contributed by atoms with Crippen LogP contribution in [0.15, 0.2) is 60.7 Å². The Morgan fingerprint density at radius 3 is 2.61 bits per heavy atom. The van der Waals surface area contributed by atoms with E-state index >= 15 is 0 Å². The molecule has 164 valence electrons. The first kappa shape index (κ1) is 23.3. The van der Waals surface area contributed by atoms with E-state index in [2.05, 4.69) is 12.1 Å². The molecule has 0 aliphatic rings. The molecule has 3 aromatic carbocycles. The van der Waals surface area contributed by atoms with E-state index in [4.69, 9.17) is 21.1 Å². The molecule has 8 heteroatoms. The predicted molar refractivity (Wildman–Crippen MR) is 125 cm³/mol. The molecule has 0 N–H and O–H groups in total. The van der Waals surface area contributed by atoms with Gasteiger partial charge in [-0.1, -0.05) is 41.9 Å². The SMILES string of the molecule is CCOc1cc(/C=C(\C#N)c2cccc([N+](=O)[O-])c2)cc(Cl)c1OCc1ccccc1C#N. The number of nitro groups is 1. The van der Waals surface area contributed by atoms with Gasteiger partial charge in [0.2, 0.25) is 0 Å². The number of allylic oxidation sites excluding steroid dienone is 1. The van der Waals surface area contributed by atoms with Gasteiger partial charge in [0, 0.05) is 17.7 Å². The molecule has 0 saturated carbocycles. The molecule has 0 aromatic heterocycles. The van der Waals surface area contributed by atoms with Crippen molar-refractivity contribution in [2.45, 2.75) is 13.5 Å². The monoisotopic (exact) mass is 459 g/mol. The fourth-order valence-corrected chi connectivity index (χ4v) is 3.39.